The number of carbonyl (C=O) groups is 1. The monoisotopic (exact) mass is 319 g/mol. The van der Waals surface area contributed by atoms with Crippen LogP contribution in [0.2, 0.25) is 0 Å². The second kappa shape index (κ2) is 6.01. The molecule has 0 radical (unpaired) electrons. The molecule has 22 heavy (non-hydrogen) atoms. The van der Waals surface area contributed by atoms with Gasteiger partial charge in [-0.15, -0.1) is 11.3 Å². The van der Waals surface area contributed by atoms with Crippen LogP contribution in [-0.4, -0.2) is 12.1 Å². The Bertz CT molecular complexity index is 636. The topological polar surface area (TPSA) is 52.3 Å². The number of thiophene rings is 1. The second-order valence-corrected chi connectivity index (χ2v) is 8.40. The van der Waals surface area contributed by atoms with E-state index >= 15 is 0 Å². The van der Waals surface area contributed by atoms with E-state index in [1.165, 1.54) is 0 Å². The van der Waals surface area contributed by atoms with Gasteiger partial charge in [-0.1, -0.05) is 39.0 Å². The lowest BCUT2D eigenvalue weighted by Crippen LogP contribution is -2.48. The van der Waals surface area contributed by atoms with Gasteiger partial charge in [0.1, 0.15) is 5.54 Å². The highest BCUT2D eigenvalue weighted by molar-refractivity contribution is 7.19. The summed E-state index contributed by atoms with van der Waals surface area (Å²) < 4.78 is 6.59. The Labute approximate surface area is 136 Å². The Hall–Kier alpha value is -1.39. The highest BCUT2D eigenvalue weighted by Gasteiger charge is 2.42. The molecule has 1 heterocycles. The summed E-state index contributed by atoms with van der Waals surface area (Å²) in [6.07, 6.45) is 0.364. The van der Waals surface area contributed by atoms with Crippen molar-refractivity contribution in [2.75, 3.05) is 0 Å². The van der Waals surface area contributed by atoms with E-state index in [1.807, 2.05) is 38.1 Å². The van der Waals surface area contributed by atoms with Crippen molar-refractivity contribution in [2.45, 2.75) is 52.7 Å². The van der Waals surface area contributed by atoms with Gasteiger partial charge in [-0.2, -0.15) is 0 Å². The summed E-state index contributed by atoms with van der Waals surface area (Å²) in [6, 6.07) is 10.1. The smallest absolute Gasteiger partial charge is 0.331 e. The predicted molar refractivity (Wildman–Crippen MR) is 93.0 cm³/mol. The molecule has 0 aliphatic heterocycles. The molecule has 0 aliphatic carbocycles. The van der Waals surface area contributed by atoms with Crippen LogP contribution < -0.4 is 5.73 Å². The van der Waals surface area contributed by atoms with Crippen LogP contribution in [0.1, 0.15) is 45.9 Å². The van der Waals surface area contributed by atoms with Crippen molar-refractivity contribution in [1.82, 2.24) is 0 Å². The van der Waals surface area contributed by atoms with Crippen LogP contribution in [0.25, 0.3) is 10.1 Å². The third-order valence-corrected chi connectivity index (χ3v) is 4.68. The number of benzene rings is 1. The molecule has 0 amide bonds. The quantitative estimate of drug-likeness (QED) is 0.847. The number of fused-ring (bicyclic) bond motifs is 1. The minimum atomic E-state index is -1.10. The van der Waals surface area contributed by atoms with Gasteiger partial charge in [-0.25, -0.2) is 4.79 Å². The summed E-state index contributed by atoms with van der Waals surface area (Å²) >= 11 is 1.57. The van der Waals surface area contributed by atoms with Crippen LogP contribution in [0.5, 0.6) is 0 Å². The molecular weight excluding hydrogens is 294 g/mol. The van der Waals surface area contributed by atoms with E-state index in [-0.39, 0.29) is 17.5 Å². The lowest BCUT2D eigenvalue weighted by atomic mass is 9.79. The van der Waals surface area contributed by atoms with Crippen molar-refractivity contribution in [1.29, 1.82) is 0 Å². The molecule has 1 aromatic heterocycles. The molecule has 1 atom stereocenters. The van der Waals surface area contributed by atoms with Crippen LogP contribution >= 0.6 is 11.3 Å². The van der Waals surface area contributed by atoms with Crippen molar-refractivity contribution in [3.8, 4) is 0 Å². The third kappa shape index (κ3) is 3.68. The number of rotatable bonds is 4. The van der Waals surface area contributed by atoms with Crippen molar-refractivity contribution in [3.05, 3.63) is 35.2 Å². The minimum Gasteiger partial charge on any atom is -0.461 e. The summed E-state index contributed by atoms with van der Waals surface area (Å²) in [5.74, 6) is -0.344. The zero-order chi connectivity index (χ0) is 16.5. The van der Waals surface area contributed by atoms with Gasteiger partial charge in [-0.05, 0) is 43.2 Å². The molecule has 0 aliphatic rings. The molecule has 4 heteroatoms. The van der Waals surface area contributed by atoms with Crippen LogP contribution in [0.15, 0.2) is 30.3 Å². The van der Waals surface area contributed by atoms with Gasteiger partial charge >= 0.3 is 5.97 Å². The van der Waals surface area contributed by atoms with Crippen molar-refractivity contribution in [2.24, 2.45) is 11.1 Å². The first-order chi connectivity index (χ1) is 10.1. The number of hydrogen-bond acceptors (Lipinski definition) is 4. The highest BCUT2D eigenvalue weighted by Crippen LogP contribution is 2.39. The molecule has 0 saturated heterocycles. The molecule has 0 fully saturated rings. The first kappa shape index (κ1) is 17.0. The third-order valence-electron chi connectivity index (χ3n) is 3.38. The van der Waals surface area contributed by atoms with Gasteiger partial charge in [-0.3, -0.25) is 0 Å². The summed E-state index contributed by atoms with van der Waals surface area (Å²) in [6.45, 7) is 9.96. The molecule has 2 N–H and O–H groups in total. The van der Waals surface area contributed by atoms with Crippen molar-refractivity contribution in [3.63, 3.8) is 0 Å². The van der Waals surface area contributed by atoms with Gasteiger partial charge in [0.05, 0.1) is 6.10 Å². The van der Waals surface area contributed by atoms with Gasteiger partial charge < -0.3 is 10.5 Å². The van der Waals surface area contributed by atoms with E-state index in [4.69, 9.17) is 10.5 Å². The highest BCUT2D eigenvalue weighted by atomic mass is 32.1. The van der Waals surface area contributed by atoms with Crippen LogP contribution in [0.4, 0.5) is 0 Å². The molecule has 2 aromatic rings. The largest absolute Gasteiger partial charge is 0.461 e. The number of nitrogens with two attached hydrogens (primary N) is 1. The van der Waals surface area contributed by atoms with Gasteiger partial charge in [0.15, 0.2) is 0 Å². The fourth-order valence-electron chi connectivity index (χ4n) is 2.62. The maximum absolute atomic E-state index is 12.7. The predicted octanol–water partition coefficient (Wildman–Crippen LogP) is 4.44. The average Bonchev–Trinajstić information content (AvgIpc) is 2.80. The number of esters is 1. The van der Waals surface area contributed by atoms with Gasteiger partial charge in [0.2, 0.25) is 0 Å². The molecule has 1 aromatic carbocycles. The summed E-state index contributed by atoms with van der Waals surface area (Å²) in [5, 5.41) is 1.11. The van der Waals surface area contributed by atoms with E-state index in [0.717, 1.165) is 15.0 Å². The van der Waals surface area contributed by atoms with Crippen LogP contribution in [0, 0.1) is 5.41 Å². The average molecular weight is 319 g/mol. The van der Waals surface area contributed by atoms with Gasteiger partial charge in [0.25, 0.3) is 0 Å². The molecule has 0 spiro atoms. The summed E-state index contributed by atoms with van der Waals surface area (Å²) in [5.41, 5.74) is 5.41. The van der Waals surface area contributed by atoms with Crippen molar-refractivity contribution < 1.29 is 9.53 Å². The molecule has 120 valence electrons. The van der Waals surface area contributed by atoms with E-state index in [2.05, 4.69) is 26.8 Å². The zero-order valence-corrected chi connectivity index (χ0v) is 14.8. The lowest BCUT2D eigenvalue weighted by molar-refractivity contribution is -0.155. The van der Waals surface area contributed by atoms with E-state index < -0.39 is 5.54 Å². The zero-order valence-electron chi connectivity index (χ0n) is 14.0. The molecule has 2 rings (SSSR count). The Morgan fingerprint density at radius 3 is 2.45 bits per heavy atom. The molecule has 0 saturated carbocycles. The number of hydrogen-bond donors (Lipinski definition) is 1. The normalized spacial score (nSPS) is 15.0. The van der Waals surface area contributed by atoms with Gasteiger partial charge in [0, 0.05) is 9.58 Å². The Kier molecular flexibility index (Phi) is 4.64. The van der Waals surface area contributed by atoms with Crippen LogP contribution in [0.3, 0.4) is 0 Å². The Morgan fingerprint density at radius 1 is 1.27 bits per heavy atom. The maximum atomic E-state index is 12.7. The van der Waals surface area contributed by atoms with E-state index in [9.17, 15) is 4.79 Å². The fraction of sp³-hybridized carbons (Fsp3) is 0.500. The summed E-state index contributed by atoms with van der Waals surface area (Å²) in [4.78, 5) is 13.6. The Morgan fingerprint density at radius 2 is 1.91 bits per heavy atom. The fourth-order valence-corrected chi connectivity index (χ4v) is 3.77. The van der Waals surface area contributed by atoms with Crippen LogP contribution in [-0.2, 0) is 15.1 Å². The molecule has 1 unspecified atom stereocenters. The van der Waals surface area contributed by atoms with E-state index in [0.29, 0.717) is 6.42 Å². The lowest BCUT2D eigenvalue weighted by Gasteiger charge is -2.33. The Balaban J connectivity index is 2.49. The first-order valence-corrected chi connectivity index (χ1v) is 8.42. The van der Waals surface area contributed by atoms with Crippen molar-refractivity contribution >= 4 is 27.4 Å². The minimum absolute atomic E-state index is 0.0824. The SMILES string of the molecule is CC(C)OC(=O)C(N)(CC(C)(C)C)c1cc2ccccc2s1. The molecular formula is C18H25NO2S. The maximum Gasteiger partial charge on any atom is 0.331 e. The molecule has 3 nitrogen and oxygen atoms in total. The second-order valence-electron chi connectivity index (χ2n) is 7.31. The first-order valence-electron chi connectivity index (χ1n) is 7.61. The summed E-state index contributed by atoms with van der Waals surface area (Å²) in [7, 11) is 0. The number of carbonyl (C=O) groups excluding carboxylic acids is 1. The molecule has 0 bridgehead atoms. The van der Waals surface area contributed by atoms with E-state index in [1.54, 1.807) is 11.3 Å². The standard InChI is InChI=1S/C18H25NO2S/c1-12(2)21-16(20)18(19,11-17(3,4)5)15-10-13-8-6-7-9-14(13)22-15/h6-10,12H,11,19H2,1-5H3. The number of ether oxygens (including phenoxy) is 1.